The molecular weight excluding hydrogens is 519 g/mol. The standard InChI is InChI=1S/C27H32Cl2N2O6/c1-17(2)15-30(22(14-27(34)35)19-5-6-20(28)21(29)13-19)16-18-4-7-23(24(12-18)36-3)37-11-10-31-25(32)8-9-26(31)33/h4-9,12-13,17,22,32-33H,10-11,14-16H2,1-3H3,(H,34,35). The summed E-state index contributed by atoms with van der Waals surface area (Å²) in [5.41, 5.74) is 1.70. The van der Waals surface area contributed by atoms with Gasteiger partial charge in [-0.1, -0.05) is 49.2 Å². The number of aliphatic carboxylic acids is 1. The zero-order valence-electron chi connectivity index (χ0n) is 21.0. The minimum Gasteiger partial charge on any atom is -0.494 e. The molecule has 200 valence electrons. The largest absolute Gasteiger partial charge is 0.494 e. The van der Waals surface area contributed by atoms with Crippen molar-refractivity contribution in [3.05, 3.63) is 69.7 Å². The summed E-state index contributed by atoms with van der Waals surface area (Å²) in [4.78, 5) is 13.9. The summed E-state index contributed by atoms with van der Waals surface area (Å²) < 4.78 is 12.7. The molecule has 0 saturated carbocycles. The van der Waals surface area contributed by atoms with Gasteiger partial charge in [0.1, 0.15) is 6.61 Å². The van der Waals surface area contributed by atoms with Crippen molar-refractivity contribution in [1.29, 1.82) is 0 Å². The molecule has 10 heteroatoms. The van der Waals surface area contributed by atoms with E-state index >= 15 is 0 Å². The highest BCUT2D eigenvalue weighted by Crippen LogP contribution is 2.34. The predicted octanol–water partition coefficient (Wildman–Crippen LogP) is 5.97. The van der Waals surface area contributed by atoms with Crippen molar-refractivity contribution in [3.8, 4) is 23.3 Å². The smallest absolute Gasteiger partial charge is 0.305 e. The third-order valence-corrected chi connectivity index (χ3v) is 6.60. The molecule has 0 radical (unpaired) electrons. The zero-order chi connectivity index (χ0) is 27.1. The normalized spacial score (nSPS) is 12.2. The SMILES string of the molecule is COc1cc(CN(CC(C)C)C(CC(=O)O)c2ccc(Cl)c(Cl)c2)ccc1OCCn1c(O)ccc1O. The van der Waals surface area contributed by atoms with E-state index in [4.69, 9.17) is 32.7 Å². The van der Waals surface area contributed by atoms with Crippen molar-refractivity contribution in [2.45, 2.75) is 39.4 Å². The van der Waals surface area contributed by atoms with Crippen LogP contribution in [-0.2, 0) is 17.9 Å². The molecule has 0 aliphatic carbocycles. The van der Waals surface area contributed by atoms with Crippen LogP contribution >= 0.6 is 23.2 Å². The second-order valence-corrected chi connectivity index (χ2v) is 9.96. The number of benzene rings is 2. The molecule has 1 heterocycles. The third kappa shape index (κ3) is 7.71. The molecule has 0 spiro atoms. The number of ether oxygens (including phenoxy) is 2. The number of halogens is 2. The van der Waals surface area contributed by atoms with Gasteiger partial charge in [-0.15, -0.1) is 0 Å². The number of aromatic hydroxyl groups is 2. The molecule has 37 heavy (non-hydrogen) atoms. The molecule has 3 rings (SSSR count). The highest BCUT2D eigenvalue weighted by molar-refractivity contribution is 6.42. The Bertz CT molecular complexity index is 1190. The quantitative estimate of drug-likeness (QED) is 0.241. The van der Waals surface area contributed by atoms with Crippen molar-refractivity contribution in [2.75, 3.05) is 20.3 Å². The van der Waals surface area contributed by atoms with Crippen LogP contribution in [0, 0.1) is 5.92 Å². The van der Waals surface area contributed by atoms with Crippen LogP contribution in [0.1, 0.15) is 37.4 Å². The topological polar surface area (TPSA) is 104 Å². The lowest BCUT2D eigenvalue weighted by Gasteiger charge is -2.33. The van der Waals surface area contributed by atoms with Gasteiger partial charge in [0.25, 0.3) is 0 Å². The van der Waals surface area contributed by atoms with E-state index in [2.05, 4.69) is 18.7 Å². The summed E-state index contributed by atoms with van der Waals surface area (Å²) in [5, 5.41) is 30.0. The summed E-state index contributed by atoms with van der Waals surface area (Å²) in [7, 11) is 1.55. The Morgan fingerprint density at radius 3 is 2.30 bits per heavy atom. The van der Waals surface area contributed by atoms with Gasteiger partial charge < -0.3 is 24.8 Å². The van der Waals surface area contributed by atoms with Gasteiger partial charge in [0.05, 0.1) is 30.1 Å². The fraction of sp³-hybridized carbons (Fsp3) is 0.370. The van der Waals surface area contributed by atoms with Gasteiger partial charge in [-0.25, -0.2) is 0 Å². The van der Waals surface area contributed by atoms with E-state index in [-0.39, 0.29) is 37.3 Å². The van der Waals surface area contributed by atoms with Crippen LogP contribution in [0.3, 0.4) is 0 Å². The van der Waals surface area contributed by atoms with Crippen LogP contribution in [-0.4, -0.2) is 51.0 Å². The molecule has 1 atom stereocenters. The molecule has 2 aromatic carbocycles. The number of rotatable bonds is 13. The molecule has 0 aliphatic rings. The number of hydrogen-bond donors (Lipinski definition) is 3. The molecule has 0 fully saturated rings. The first-order chi connectivity index (χ1) is 17.6. The van der Waals surface area contributed by atoms with Gasteiger partial charge in [-0.2, -0.15) is 0 Å². The van der Waals surface area contributed by atoms with Crippen LogP contribution < -0.4 is 9.47 Å². The molecule has 1 aromatic heterocycles. The van der Waals surface area contributed by atoms with Crippen molar-refractivity contribution >= 4 is 29.2 Å². The Kier molecular flexibility index (Phi) is 9.97. The maximum absolute atomic E-state index is 11.8. The summed E-state index contributed by atoms with van der Waals surface area (Å²) in [5.74, 6) is 0.306. The number of carboxylic acid groups (broad SMARTS) is 1. The fourth-order valence-corrected chi connectivity index (χ4v) is 4.51. The highest BCUT2D eigenvalue weighted by Gasteiger charge is 2.25. The van der Waals surface area contributed by atoms with Gasteiger partial charge in [0.15, 0.2) is 23.3 Å². The number of nitrogens with zero attached hydrogens (tertiary/aromatic N) is 2. The summed E-state index contributed by atoms with van der Waals surface area (Å²) in [6, 6.07) is 13.2. The lowest BCUT2D eigenvalue weighted by atomic mass is 9.99. The average molecular weight is 551 g/mol. The van der Waals surface area contributed by atoms with E-state index in [0.717, 1.165) is 11.1 Å². The molecule has 8 nitrogen and oxygen atoms in total. The summed E-state index contributed by atoms with van der Waals surface area (Å²) in [6.45, 7) is 5.73. The van der Waals surface area contributed by atoms with Crippen molar-refractivity contribution in [3.63, 3.8) is 0 Å². The molecule has 0 saturated heterocycles. The number of carbonyl (C=O) groups is 1. The Hall–Kier alpha value is -3.07. The first-order valence-electron chi connectivity index (χ1n) is 11.9. The van der Waals surface area contributed by atoms with Crippen LogP contribution in [0.15, 0.2) is 48.5 Å². The Morgan fingerprint density at radius 1 is 1.00 bits per heavy atom. The van der Waals surface area contributed by atoms with Crippen LogP contribution in [0.25, 0.3) is 0 Å². The van der Waals surface area contributed by atoms with E-state index < -0.39 is 12.0 Å². The van der Waals surface area contributed by atoms with Gasteiger partial charge >= 0.3 is 5.97 Å². The lowest BCUT2D eigenvalue weighted by molar-refractivity contribution is -0.138. The van der Waals surface area contributed by atoms with Gasteiger partial charge in [-0.3, -0.25) is 14.3 Å². The molecular formula is C27H32Cl2N2O6. The Labute approximate surface area is 226 Å². The third-order valence-electron chi connectivity index (χ3n) is 5.86. The zero-order valence-corrected chi connectivity index (χ0v) is 22.5. The van der Waals surface area contributed by atoms with Crippen molar-refractivity contribution in [1.82, 2.24) is 9.47 Å². The van der Waals surface area contributed by atoms with Crippen molar-refractivity contribution < 1.29 is 29.6 Å². The number of hydrogen-bond acceptors (Lipinski definition) is 6. The number of carboxylic acids is 1. The van der Waals surface area contributed by atoms with E-state index in [9.17, 15) is 20.1 Å². The summed E-state index contributed by atoms with van der Waals surface area (Å²) >= 11 is 12.4. The van der Waals surface area contributed by atoms with E-state index in [1.165, 1.54) is 16.7 Å². The molecule has 3 aromatic rings. The Morgan fingerprint density at radius 2 is 1.70 bits per heavy atom. The molecule has 0 amide bonds. The predicted molar refractivity (Wildman–Crippen MR) is 143 cm³/mol. The lowest BCUT2D eigenvalue weighted by Crippen LogP contribution is -2.33. The van der Waals surface area contributed by atoms with Gasteiger partial charge in [-0.05, 0) is 41.3 Å². The molecule has 1 unspecified atom stereocenters. The fourth-order valence-electron chi connectivity index (χ4n) is 4.20. The first kappa shape index (κ1) is 28.5. The monoisotopic (exact) mass is 550 g/mol. The molecule has 0 bridgehead atoms. The number of methoxy groups -OCH3 is 1. The first-order valence-corrected chi connectivity index (χ1v) is 12.6. The highest BCUT2D eigenvalue weighted by atomic mass is 35.5. The van der Waals surface area contributed by atoms with E-state index in [0.29, 0.717) is 34.6 Å². The van der Waals surface area contributed by atoms with Crippen LogP contribution in [0.2, 0.25) is 10.0 Å². The second kappa shape index (κ2) is 12.9. The summed E-state index contributed by atoms with van der Waals surface area (Å²) in [6.07, 6.45) is -0.0951. The molecule has 3 N–H and O–H groups in total. The average Bonchev–Trinajstić information content (AvgIpc) is 3.16. The minimum atomic E-state index is -0.911. The van der Waals surface area contributed by atoms with E-state index in [1.54, 1.807) is 25.3 Å². The number of aromatic nitrogens is 1. The van der Waals surface area contributed by atoms with Gasteiger partial charge in [0, 0.05) is 31.3 Å². The molecule has 0 aliphatic heterocycles. The van der Waals surface area contributed by atoms with Crippen LogP contribution in [0.4, 0.5) is 0 Å². The Balaban J connectivity index is 1.81. The minimum absolute atomic E-state index is 0.0495. The van der Waals surface area contributed by atoms with E-state index in [1.807, 2.05) is 18.2 Å². The second-order valence-electron chi connectivity index (χ2n) is 9.15. The maximum Gasteiger partial charge on any atom is 0.305 e. The van der Waals surface area contributed by atoms with Crippen molar-refractivity contribution in [2.24, 2.45) is 5.92 Å². The van der Waals surface area contributed by atoms with Gasteiger partial charge in [0.2, 0.25) is 0 Å². The maximum atomic E-state index is 11.8. The van der Waals surface area contributed by atoms with Crippen LogP contribution in [0.5, 0.6) is 23.3 Å².